The maximum Gasteiger partial charge on any atom is 0.222 e. The maximum atomic E-state index is 12.1. The number of fused-ring (bicyclic) bond motifs is 1. The van der Waals surface area contributed by atoms with E-state index in [0.717, 1.165) is 31.3 Å². The number of nitrogens with zero attached hydrogens (tertiary/aromatic N) is 1. The van der Waals surface area contributed by atoms with Gasteiger partial charge in [0.1, 0.15) is 0 Å². The molecule has 0 radical (unpaired) electrons. The fraction of sp³-hybridized carbons (Fsp3) is 0.929. The molecule has 2 atom stereocenters. The monoisotopic (exact) mass is 236 g/mol. The smallest absolute Gasteiger partial charge is 0.222 e. The molecule has 3 heteroatoms. The van der Waals surface area contributed by atoms with E-state index in [1.54, 1.807) is 0 Å². The molecule has 0 aromatic carbocycles. The van der Waals surface area contributed by atoms with Crippen LogP contribution in [0.4, 0.5) is 0 Å². The van der Waals surface area contributed by atoms with Crippen LogP contribution in [0.1, 0.15) is 44.9 Å². The largest absolute Gasteiger partial charge is 0.342 e. The van der Waals surface area contributed by atoms with Gasteiger partial charge in [-0.25, -0.2) is 0 Å². The van der Waals surface area contributed by atoms with Crippen molar-refractivity contribution in [3.8, 4) is 0 Å². The van der Waals surface area contributed by atoms with Gasteiger partial charge in [-0.15, -0.1) is 0 Å². The van der Waals surface area contributed by atoms with Gasteiger partial charge < -0.3 is 10.2 Å². The van der Waals surface area contributed by atoms with E-state index in [1.165, 1.54) is 45.1 Å². The third-order valence-corrected chi connectivity index (χ3v) is 4.66. The summed E-state index contributed by atoms with van der Waals surface area (Å²) in [4.78, 5) is 14.3. The molecule has 3 aliphatic rings. The third-order valence-electron chi connectivity index (χ3n) is 4.66. The third kappa shape index (κ3) is 2.82. The summed E-state index contributed by atoms with van der Waals surface area (Å²) in [7, 11) is 0. The van der Waals surface area contributed by atoms with Gasteiger partial charge in [0.05, 0.1) is 0 Å². The van der Waals surface area contributed by atoms with Gasteiger partial charge in [0.25, 0.3) is 0 Å². The van der Waals surface area contributed by atoms with Crippen molar-refractivity contribution >= 4 is 5.91 Å². The summed E-state index contributed by atoms with van der Waals surface area (Å²) in [6, 6.07) is 0.683. The molecule has 17 heavy (non-hydrogen) atoms. The quantitative estimate of drug-likeness (QED) is 0.792. The lowest BCUT2D eigenvalue weighted by molar-refractivity contribution is -0.133. The molecule has 1 amide bonds. The topological polar surface area (TPSA) is 32.3 Å². The van der Waals surface area contributed by atoms with Crippen molar-refractivity contribution in [2.75, 3.05) is 19.6 Å². The molecule has 96 valence electrons. The Hall–Kier alpha value is -0.570. The molecule has 3 fully saturated rings. The number of hydrogen-bond acceptors (Lipinski definition) is 2. The van der Waals surface area contributed by atoms with Crippen molar-refractivity contribution in [3.63, 3.8) is 0 Å². The Kier molecular flexibility index (Phi) is 3.37. The van der Waals surface area contributed by atoms with Gasteiger partial charge in [-0.05, 0) is 50.5 Å². The van der Waals surface area contributed by atoms with Crippen LogP contribution >= 0.6 is 0 Å². The van der Waals surface area contributed by atoms with Crippen LogP contribution in [-0.2, 0) is 4.79 Å². The first-order valence-corrected chi connectivity index (χ1v) is 7.34. The molecule has 2 saturated heterocycles. The lowest BCUT2D eigenvalue weighted by Gasteiger charge is -2.38. The van der Waals surface area contributed by atoms with E-state index in [-0.39, 0.29) is 0 Å². The highest BCUT2D eigenvalue weighted by Crippen LogP contribution is 2.34. The molecule has 0 bridgehead atoms. The molecule has 0 unspecified atom stereocenters. The number of amides is 1. The van der Waals surface area contributed by atoms with Gasteiger partial charge >= 0.3 is 0 Å². The Morgan fingerprint density at radius 1 is 1.18 bits per heavy atom. The lowest BCUT2D eigenvalue weighted by Crippen LogP contribution is -2.50. The highest BCUT2D eigenvalue weighted by atomic mass is 16.2. The summed E-state index contributed by atoms with van der Waals surface area (Å²) in [5.41, 5.74) is 0. The minimum absolute atomic E-state index is 0.426. The zero-order chi connectivity index (χ0) is 11.7. The summed E-state index contributed by atoms with van der Waals surface area (Å²) in [5, 5.41) is 3.66. The predicted octanol–water partition coefficient (Wildman–Crippen LogP) is 1.78. The van der Waals surface area contributed by atoms with Crippen molar-refractivity contribution in [2.24, 2.45) is 11.8 Å². The van der Waals surface area contributed by atoms with E-state index in [9.17, 15) is 4.79 Å². The lowest BCUT2D eigenvalue weighted by atomic mass is 9.89. The first-order chi connectivity index (χ1) is 8.33. The number of piperidine rings is 1. The number of nitrogens with one attached hydrogen (secondary N) is 1. The number of carbonyl (C=O) groups excluding carboxylic acids is 1. The van der Waals surface area contributed by atoms with E-state index in [1.807, 2.05) is 0 Å². The first kappa shape index (κ1) is 11.5. The van der Waals surface area contributed by atoms with E-state index >= 15 is 0 Å². The predicted molar refractivity (Wildman–Crippen MR) is 67.7 cm³/mol. The van der Waals surface area contributed by atoms with Crippen LogP contribution in [0.15, 0.2) is 0 Å². The fourth-order valence-corrected chi connectivity index (χ4v) is 3.34. The summed E-state index contributed by atoms with van der Waals surface area (Å²) >= 11 is 0. The highest BCUT2D eigenvalue weighted by Gasteiger charge is 2.33. The summed E-state index contributed by atoms with van der Waals surface area (Å²) in [5.74, 6) is 1.87. The van der Waals surface area contributed by atoms with E-state index < -0.39 is 0 Å². The van der Waals surface area contributed by atoms with Crippen LogP contribution in [0.5, 0.6) is 0 Å². The fourth-order valence-electron chi connectivity index (χ4n) is 3.34. The average molecular weight is 236 g/mol. The van der Waals surface area contributed by atoms with Crippen LogP contribution in [0.25, 0.3) is 0 Å². The number of rotatable bonds is 2. The van der Waals surface area contributed by atoms with Gasteiger partial charge in [-0.3, -0.25) is 4.79 Å². The molecular formula is C14H24N2O. The Morgan fingerprint density at radius 3 is 2.88 bits per heavy atom. The number of carbonyl (C=O) groups is 1. The number of hydrogen-bond donors (Lipinski definition) is 1. The number of likely N-dealkylation sites (tertiary alicyclic amines) is 1. The Morgan fingerprint density at radius 2 is 2.06 bits per heavy atom. The normalized spacial score (nSPS) is 34.0. The molecule has 2 aliphatic heterocycles. The minimum atomic E-state index is 0.426. The van der Waals surface area contributed by atoms with Crippen molar-refractivity contribution in [2.45, 2.75) is 51.0 Å². The maximum absolute atomic E-state index is 12.1. The Labute approximate surface area is 104 Å². The summed E-state index contributed by atoms with van der Waals surface area (Å²) in [6.07, 6.45) is 8.51. The Balaban J connectivity index is 1.55. The van der Waals surface area contributed by atoms with Crippen LogP contribution in [-0.4, -0.2) is 36.5 Å². The second kappa shape index (κ2) is 4.97. The van der Waals surface area contributed by atoms with Crippen LogP contribution in [0, 0.1) is 11.8 Å². The zero-order valence-electron chi connectivity index (χ0n) is 10.7. The molecular weight excluding hydrogens is 212 g/mol. The van der Waals surface area contributed by atoms with Gasteiger partial charge in [-0.1, -0.05) is 6.42 Å². The first-order valence-electron chi connectivity index (χ1n) is 7.34. The average Bonchev–Trinajstić information content (AvgIpc) is 3.14. The van der Waals surface area contributed by atoms with Gasteiger partial charge in [0.15, 0.2) is 0 Å². The molecule has 2 heterocycles. The van der Waals surface area contributed by atoms with Gasteiger partial charge in [0.2, 0.25) is 5.91 Å². The van der Waals surface area contributed by atoms with E-state index in [0.29, 0.717) is 11.9 Å². The molecule has 3 nitrogen and oxygen atoms in total. The van der Waals surface area contributed by atoms with Crippen LogP contribution < -0.4 is 5.32 Å². The second-order valence-corrected chi connectivity index (χ2v) is 6.09. The van der Waals surface area contributed by atoms with E-state index in [4.69, 9.17) is 0 Å². The molecule has 1 aliphatic carbocycles. The van der Waals surface area contributed by atoms with Crippen molar-refractivity contribution in [1.29, 1.82) is 0 Å². The molecule has 1 saturated carbocycles. The van der Waals surface area contributed by atoms with Crippen molar-refractivity contribution < 1.29 is 4.79 Å². The SMILES string of the molecule is O=C(CC1CC1)N1CC[C@H]2NCCCC[C@H]2C1. The summed E-state index contributed by atoms with van der Waals surface area (Å²) in [6.45, 7) is 3.18. The highest BCUT2D eigenvalue weighted by molar-refractivity contribution is 5.76. The summed E-state index contributed by atoms with van der Waals surface area (Å²) < 4.78 is 0. The standard InChI is InChI=1S/C14H24N2O/c17-14(9-11-4-5-11)16-8-6-13-12(10-16)3-1-2-7-15-13/h11-13,15H,1-10H2/t12-,13+/m0/s1. The molecule has 0 spiro atoms. The molecule has 0 aromatic heterocycles. The molecule has 1 N–H and O–H groups in total. The van der Waals surface area contributed by atoms with Crippen molar-refractivity contribution in [1.82, 2.24) is 10.2 Å². The zero-order valence-corrected chi connectivity index (χ0v) is 10.7. The Bertz CT molecular complexity index is 288. The minimum Gasteiger partial charge on any atom is -0.342 e. The van der Waals surface area contributed by atoms with Crippen LogP contribution in [0.2, 0.25) is 0 Å². The molecule has 0 aromatic rings. The van der Waals surface area contributed by atoms with Gasteiger partial charge in [0, 0.05) is 25.6 Å². The van der Waals surface area contributed by atoms with Crippen LogP contribution in [0.3, 0.4) is 0 Å². The van der Waals surface area contributed by atoms with Gasteiger partial charge in [-0.2, -0.15) is 0 Å². The van der Waals surface area contributed by atoms with Crippen molar-refractivity contribution in [3.05, 3.63) is 0 Å². The molecule has 3 rings (SSSR count). The second-order valence-electron chi connectivity index (χ2n) is 6.09. The van der Waals surface area contributed by atoms with E-state index in [2.05, 4.69) is 10.2 Å².